The van der Waals surface area contributed by atoms with Crippen molar-refractivity contribution in [1.82, 2.24) is 10.6 Å². The predicted molar refractivity (Wildman–Crippen MR) is 106 cm³/mol. The summed E-state index contributed by atoms with van der Waals surface area (Å²) in [5.41, 5.74) is 1.28. The van der Waals surface area contributed by atoms with Crippen molar-refractivity contribution >= 4 is 29.9 Å². The van der Waals surface area contributed by atoms with E-state index in [1.54, 1.807) is 7.05 Å². The van der Waals surface area contributed by atoms with Gasteiger partial charge in [0.05, 0.1) is 6.61 Å². The summed E-state index contributed by atoms with van der Waals surface area (Å²) in [5.74, 6) is 0.384. The van der Waals surface area contributed by atoms with Crippen LogP contribution >= 0.6 is 24.0 Å². The average molecular weight is 461 g/mol. The Bertz CT molecular complexity index is 710. The first kappa shape index (κ1) is 21.1. The zero-order valence-electron chi connectivity index (χ0n) is 14.2. The Morgan fingerprint density at radius 2 is 1.84 bits per heavy atom. The normalized spacial score (nSPS) is 10.8. The van der Waals surface area contributed by atoms with Crippen LogP contribution < -0.4 is 15.4 Å². The molecule has 136 valence electrons. The molecule has 2 aromatic rings. The quantitative estimate of drug-likeness (QED) is 0.391. The SMILES string of the molecule is CCOc1cccc(CNC(=NC)NCc2cc(F)ccc2F)c1.I. The fraction of sp³-hybridized carbons (Fsp3) is 0.278. The minimum Gasteiger partial charge on any atom is -0.494 e. The van der Waals surface area contributed by atoms with Crippen LogP contribution in [0.15, 0.2) is 47.5 Å². The van der Waals surface area contributed by atoms with Gasteiger partial charge >= 0.3 is 0 Å². The van der Waals surface area contributed by atoms with Crippen molar-refractivity contribution in [3.63, 3.8) is 0 Å². The minimum absolute atomic E-state index is 0. The summed E-state index contributed by atoms with van der Waals surface area (Å²) in [7, 11) is 1.62. The van der Waals surface area contributed by atoms with Gasteiger partial charge in [-0.1, -0.05) is 12.1 Å². The molecule has 0 atom stereocenters. The van der Waals surface area contributed by atoms with E-state index >= 15 is 0 Å². The number of guanidine groups is 1. The molecule has 0 saturated heterocycles. The summed E-state index contributed by atoms with van der Waals surface area (Å²) >= 11 is 0. The highest BCUT2D eigenvalue weighted by Crippen LogP contribution is 2.13. The van der Waals surface area contributed by atoms with E-state index in [1.165, 1.54) is 6.07 Å². The van der Waals surface area contributed by atoms with Gasteiger partial charge in [-0.25, -0.2) is 8.78 Å². The zero-order valence-corrected chi connectivity index (χ0v) is 16.5. The first-order valence-corrected chi connectivity index (χ1v) is 7.72. The van der Waals surface area contributed by atoms with Crippen LogP contribution in [-0.4, -0.2) is 19.6 Å². The van der Waals surface area contributed by atoms with Gasteiger partial charge in [-0.05, 0) is 42.8 Å². The van der Waals surface area contributed by atoms with Crippen LogP contribution in [0.5, 0.6) is 5.75 Å². The number of aliphatic imine (C=N–C) groups is 1. The largest absolute Gasteiger partial charge is 0.494 e. The standard InChI is InChI=1S/C18H21F2N3O.HI/c1-3-24-16-6-4-5-13(9-16)11-22-18(21-2)23-12-14-10-15(19)7-8-17(14)20;/h4-10H,3,11-12H2,1-2H3,(H2,21,22,23);1H. The first-order chi connectivity index (χ1) is 11.6. The molecule has 0 fully saturated rings. The summed E-state index contributed by atoms with van der Waals surface area (Å²) in [5, 5.41) is 6.09. The summed E-state index contributed by atoms with van der Waals surface area (Å²) < 4.78 is 32.2. The van der Waals surface area contributed by atoms with E-state index in [2.05, 4.69) is 15.6 Å². The Hall–Kier alpha value is -1.90. The summed E-state index contributed by atoms with van der Waals surface area (Å²) in [6.45, 7) is 3.22. The molecule has 0 bridgehead atoms. The van der Waals surface area contributed by atoms with Gasteiger partial charge in [0.15, 0.2) is 5.96 Å². The number of ether oxygens (including phenoxy) is 1. The molecule has 7 heteroatoms. The Kier molecular flexibility index (Phi) is 9.18. The molecule has 0 aliphatic rings. The smallest absolute Gasteiger partial charge is 0.191 e. The molecule has 0 radical (unpaired) electrons. The lowest BCUT2D eigenvalue weighted by Gasteiger charge is -2.13. The van der Waals surface area contributed by atoms with Gasteiger partial charge in [0, 0.05) is 25.7 Å². The van der Waals surface area contributed by atoms with E-state index < -0.39 is 11.6 Å². The van der Waals surface area contributed by atoms with Gasteiger partial charge in [-0.15, -0.1) is 24.0 Å². The van der Waals surface area contributed by atoms with E-state index in [4.69, 9.17) is 4.74 Å². The Morgan fingerprint density at radius 3 is 2.56 bits per heavy atom. The third kappa shape index (κ3) is 6.85. The van der Waals surface area contributed by atoms with Crippen molar-refractivity contribution in [3.05, 3.63) is 65.2 Å². The van der Waals surface area contributed by atoms with Crippen LogP contribution in [0.1, 0.15) is 18.1 Å². The van der Waals surface area contributed by atoms with E-state index in [-0.39, 0.29) is 36.1 Å². The van der Waals surface area contributed by atoms with Crippen molar-refractivity contribution in [2.45, 2.75) is 20.0 Å². The van der Waals surface area contributed by atoms with Crippen molar-refractivity contribution in [2.75, 3.05) is 13.7 Å². The summed E-state index contributed by atoms with van der Waals surface area (Å²) in [6.07, 6.45) is 0. The van der Waals surface area contributed by atoms with E-state index in [9.17, 15) is 8.78 Å². The average Bonchev–Trinajstić information content (AvgIpc) is 2.58. The second-order valence-corrected chi connectivity index (χ2v) is 5.10. The number of nitrogens with one attached hydrogen (secondary N) is 2. The van der Waals surface area contributed by atoms with E-state index in [0.29, 0.717) is 19.1 Å². The second-order valence-electron chi connectivity index (χ2n) is 5.10. The van der Waals surface area contributed by atoms with Gasteiger partial charge in [0.1, 0.15) is 17.4 Å². The third-order valence-corrected chi connectivity index (χ3v) is 3.35. The van der Waals surface area contributed by atoms with Gasteiger partial charge < -0.3 is 15.4 Å². The van der Waals surface area contributed by atoms with Crippen LogP contribution in [0, 0.1) is 11.6 Å². The Labute approximate surface area is 163 Å². The molecule has 0 aromatic heterocycles. The van der Waals surface area contributed by atoms with Gasteiger partial charge in [0.2, 0.25) is 0 Å². The summed E-state index contributed by atoms with van der Waals surface area (Å²) in [6, 6.07) is 11.1. The number of benzene rings is 2. The number of hydrogen-bond acceptors (Lipinski definition) is 2. The fourth-order valence-corrected chi connectivity index (χ4v) is 2.18. The zero-order chi connectivity index (χ0) is 17.4. The van der Waals surface area contributed by atoms with Gasteiger partial charge in [-0.2, -0.15) is 0 Å². The maximum Gasteiger partial charge on any atom is 0.191 e. The lowest BCUT2D eigenvalue weighted by molar-refractivity contribution is 0.340. The van der Waals surface area contributed by atoms with Crippen molar-refractivity contribution in [1.29, 1.82) is 0 Å². The number of rotatable bonds is 6. The molecule has 2 N–H and O–H groups in total. The number of nitrogens with zero attached hydrogens (tertiary/aromatic N) is 1. The van der Waals surface area contributed by atoms with Crippen LogP contribution in [0.3, 0.4) is 0 Å². The van der Waals surface area contributed by atoms with Crippen LogP contribution in [0.4, 0.5) is 8.78 Å². The van der Waals surface area contributed by atoms with Crippen molar-refractivity contribution in [3.8, 4) is 5.75 Å². The third-order valence-electron chi connectivity index (χ3n) is 3.35. The molecule has 2 aromatic carbocycles. The van der Waals surface area contributed by atoms with E-state index in [1.807, 2.05) is 31.2 Å². The second kappa shape index (κ2) is 10.9. The molecule has 4 nitrogen and oxygen atoms in total. The van der Waals surface area contributed by atoms with Crippen LogP contribution in [0.2, 0.25) is 0 Å². The lowest BCUT2D eigenvalue weighted by Crippen LogP contribution is -2.36. The Balaban J connectivity index is 0.00000312. The monoisotopic (exact) mass is 461 g/mol. The molecule has 0 heterocycles. The molecule has 2 rings (SSSR count). The molecule has 0 spiro atoms. The van der Waals surface area contributed by atoms with Crippen molar-refractivity contribution in [2.24, 2.45) is 4.99 Å². The molecular weight excluding hydrogens is 439 g/mol. The number of hydrogen-bond donors (Lipinski definition) is 2. The number of halogens is 3. The fourth-order valence-electron chi connectivity index (χ4n) is 2.18. The van der Waals surface area contributed by atoms with Gasteiger partial charge in [-0.3, -0.25) is 4.99 Å². The maximum absolute atomic E-state index is 13.6. The molecule has 0 aliphatic heterocycles. The molecular formula is C18H22F2IN3O. The molecule has 0 unspecified atom stereocenters. The van der Waals surface area contributed by atoms with Crippen LogP contribution in [-0.2, 0) is 13.1 Å². The van der Waals surface area contributed by atoms with Crippen LogP contribution in [0.25, 0.3) is 0 Å². The first-order valence-electron chi connectivity index (χ1n) is 7.72. The topological polar surface area (TPSA) is 45.6 Å². The summed E-state index contributed by atoms with van der Waals surface area (Å²) in [4.78, 5) is 4.08. The van der Waals surface area contributed by atoms with Crippen molar-refractivity contribution < 1.29 is 13.5 Å². The highest BCUT2D eigenvalue weighted by molar-refractivity contribution is 14.0. The highest BCUT2D eigenvalue weighted by atomic mass is 127. The molecule has 0 saturated carbocycles. The maximum atomic E-state index is 13.6. The van der Waals surface area contributed by atoms with E-state index in [0.717, 1.165) is 23.4 Å². The predicted octanol–water partition coefficient (Wildman–Crippen LogP) is 3.85. The molecule has 0 aliphatic carbocycles. The minimum atomic E-state index is -0.469. The Morgan fingerprint density at radius 1 is 1.08 bits per heavy atom. The highest BCUT2D eigenvalue weighted by Gasteiger charge is 2.05. The molecule has 25 heavy (non-hydrogen) atoms. The lowest BCUT2D eigenvalue weighted by atomic mass is 10.2. The van der Waals surface area contributed by atoms with Gasteiger partial charge in [0.25, 0.3) is 0 Å². The molecule has 0 amide bonds.